The van der Waals surface area contributed by atoms with E-state index >= 15 is 0 Å². The molecule has 0 unspecified atom stereocenters. The van der Waals surface area contributed by atoms with Crippen LogP contribution >= 0.6 is 11.6 Å². The SMILES string of the molecule is CN=C(NCCCCN1C(=O)c2ccccc2C1=O)NCc1cccc(Cl)c1. The third-order valence-corrected chi connectivity index (χ3v) is 4.79. The van der Waals surface area contributed by atoms with Crippen LogP contribution in [0.25, 0.3) is 0 Å². The monoisotopic (exact) mass is 398 g/mol. The van der Waals surface area contributed by atoms with Gasteiger partial charge >= 0.3 is 0 Å². The quantitative estimate of drug-likeness (QED) is 0.325. The second kappa shape index (κ2) is 9.37. The van der Waals surface area contributed by atoms with Crippen molar-refractivity contribution in [1.29, 1.82) is 0 Å². The van der Waals surface area contributed by atoms with Crippen molar-refractivity contribution in [2.24, 2.45) is 4.99 Å². The van der Waals surface area contributed by atoms with Gasteiger partial charge < -0.3 is 10.6 Å². The van der Waals surface area contributed by atoms with E-state index in [-0.39, 0.29) is 11.8 Å². The maximum Gasteiger partial charge on any atom is 0.261 e. The van der Waals surface area contributed by atoms with Crippen LogP contribution < -0.4 is 10.6 Å². The van der Waals surface area contributed by atoms with Crippen LogP contribution in [0.4, 0.5) is 0 Å². The average molecular weight is 399 g/mol. The highest BCUT2D eigenvalue weighted by Crippen LogP contribution is 2.22. The standard InChI is InChI=1S/C21H23ClN4O2/c1-23-21(25-14-15-7-6-8-16(22)13-15)24-11-4-5-12-26-19(27)17-9-2-3-10-18(17)20(26)28/h2-3,6-10,13H,4-5,11-12,14H2,1H3,(H2,23,24,25). The molecule has 28 heavy (non-hydrogen) atoms. The molecule has 7 heteroatoms. The summed E-state index contributed by atoms with van der Waals surface area (Å²) in [5.74, 6) is 0.292. The Morgan fingerprint density at radius 1 is 1.00 bits per heavy atom. The molecule has 1 heterocycles. The summed E-state index contributed by atoms with van der Waals surface area (Å²) < 4.78 is 0. The largest absolute Gasteiger partial charge is 0.356 e. The van der Waals surface area contributed by atoms with E-state index in [0.29, 0.717) is 41.7 Å². The number of hydrogen-bond donors (Lipinski definition) is 2. The summed E-state index contributed by atoms with van der Waals surface area (Å²) in [4.78, 5) is 30.2. The Hall–Kier alpha value is -2.86. The van der Waals surface area contributed by atoms with Crippen molar-refractivity contribution in [2.45, 2.75) is 19.4 Å². The first-order valence-electron chi connectivity index (χ1n) is 9.24. The molecule has 1 aliphatic heterocycles. The number of hydrogen-bond acceptors (Lipinski definition) is 3. The van der Waals surface area contributed by atoms with Crippen molar-refractivity contribution in [3.05, 3.63) is 70.2 Å². The van der Waals surface area contributed by atoms with Gasteiger partial charge in [0.05, 0.1) is 11.1 Å². The number of halogens is 1. The van der Waals surface area contributed by atoms with E-state index in [4.69, 9.17) is 11.6 Å². The van der Waals surface area contributed by atoms with Crippen LogP contribution in [0.2, 0.25) is 5.02 Å². The van der Waals surface area contributed by atoms with Crippen molar-refractivity contribution < 1.29 is 9.59 Å². The zero-order chi connectivity index (χ0) is 19.9. The summed E-state index contributed by atoms with van der Waals surface area (Å²) in [6, 6.07) is 14.6. The first-order chi connectivity index (χ1) is 13.6. The number of aliphatic imine (C=N–C) groups is 1. The Labute approximate surface area is 169 Å². The molecule has 0 atom stereocenters. The van der Waals surface area contributed by atoms with Gasteiger partial charge in [-0.2, -0.15) is 0 Å². The molecule has 0 radical (unpaired) electrons. The summed E-state index contributed by atoms with van der Waals surface area (Å²) in [5.41, 5.74) is 2.06. The fourth-order valence-corrected chi connectivity index (χ4v) is 3.31. The van der Waals surface area contributed by atoms with E-state index in [2.05, 4.69) is 15.6 Å². The van der Waals surface area contributed by atoms with Crippen LogP contribution in [-0.4, -0.2) is 42.8 Å². The Balaban J connectivity index is 1.38. The number of amides is 2. The van der Waals surface area contributed by atoms with Gasteiger partial charge in [0.2, 0.25) is 0 Å². The Morgan fingerprint density at radius 3 is 2.36 bits per heavy atom. The molecular weight excluding hydrogens is 376 g/mol. The average Bonchev–Trinajstić information content (AvgIpc) is 2.95. The highest BCUT2D eigenvalue weighted by molar-refractivity contribution is 6.30. The van der Waals surface area contributed by atoms with Gasteiger partial charge in [0.25, 0.3) is 11.8 Å². The van der Waals surface area contributed by atoms with Crippen LogP contribution in [0, 0.1) is 0 Å². The van der Waals surface area contributed by atoms with Gasteiger partial charge in [0.15, 0.2) is 5.96 Å². The number of benzene rings is 2. The zero-order valence-corrected chi connectivity index (χ0v) is 16.5. The lowest BCUT2D eigenvalue weighted by Crippen LogP contribution is -2.37. The third kappa shape index (κ3) is 4.70. The Morgan fingerprint density at radius 2 is 1.71 bits per heavy atom. The molecule has 0 saturated heterocycles. The molecular formula is C21H23ClN4O2. The molecule has 2 aromatic rings. The van der Waals surface area contributed by atoms with Crippen LogP contribution in [0.5, 0.6) is 0 Å². The van der Waals surface area contributed by atoms with Gasteiger partial charge in [-0.1, -0.05) is 35.9 Å². The molecule has 146 valence electrons. The zero-order valence-electron chi connectivity index (χ0n) is 15.7. The van der Waals surface area contributed by atoms with E-state index in [0.717, 1.165) is 18.4 Å². The summed E-state index contributed by atoms with van der Waals surface area (Å²) >= 11 is 5.99. The van der Waals surface area contributed by atoms with E-state index < -0.39 is 0 Å². The van der Waals surface area contributed by atoms with E-state index in [1.165, 1.54) is 4.90 Å². The second-order valence-corrected chi connectivity index (χ2v) is 6.93. The van der Waals surface area contributed by atoms with Gasteiger partial charge in [0, 0.05) is 31.7 Å². The smallest absolute Gasteiger partial charge is 0.261 e. The predicted octanol–water partition coefficient (Wildman–Crippen LogP) is 3.08. The van der Waals surface area contributed by atoms with E-state index in [1.54, 1.807) is 31.3 Å². The molecule has 0 aliphatic carbocycles. The van der Waals surface area contributed by atoms with Gasteiger partial charge in [-0.05, 0) is 42.7 Å². The Bertz CT molecular complexity index is 862. The van der Waals surface area contributed by atoms with Crippen molar-refractivity contribution in [3.63, 3.8) is 0 Å². The number of fused-ring (bicyclic) bond motifs is 1. The molecule has 0 bridgehead atoms. The number of rotatable bonds is 7. The van der Waals surface area contributed by atoms with Crippen LogP contribution in [0.3, 0.4) is 0 Å². The highest BCUT2D eigenvalue weighted by Gasteiger charge is 2.34. The van der Waals surface area contributed by atoms with Gasteiger partial charge in [-0.15, -0.1) is 0 Å². The van der Waals surface area contributed by atoms with E-state index in [9.17, 15) is 9.59 Å². The maximum atomic E-state index is 12.3. The van der Waals surface area contributed by atoms with Crippen LogP contribution in [0.1, 0.15) is 39.1 Å². The number of nitrogens with zero attached hydrogens (tertiary/aromatic N) is 2. The highest BCUT2D eigenvalue weighted by atomic mass is 35.5. The molecule has 6 nitrogen and oxygen atoms in total. The normalized spacial score (nSPS) is 13.6. The summed E-state index contributed by atoms with van der Waals surface area (Å²) in [6.45, 7) is 1.73. The molecule has 0 saturated carbocycles. The lowest BCUT2D eigenvalue weighted by molar-refractivity contribution is 0.0652. The molecule has 2 N–H and O–H groups in total. The number of imide groups is 1. The minimum absolute atomic E-state index is 0.201. The predicted molar refractivity (Wildman–Crippen MR) is 111 cm³/mol. The minimum Gasteiger partial charge on any atom is -0.356 e. The van der Waals surface area contributed by atoms with Crippen molar-refractivity contribution >= 4 is 29.4 Å². The molecule has 0 spiro atoms. The van der Waals surface area contributed by atoms with Crippen LogP contribution in [0.15, 0.2) is 53.5 Å². The van der Waals surface area contributed by atoms with Crippen molar-refractivity contribution in [3.8, 4) is 0 Å². The number of guanidine groups is 1. The first-order valence-corrected chi connectivity index (χ1v) is 9.62. The van der Waals surface area contributed by atoms with Crippen molar-refractivity contribution in [2.75, 3.05) is 20.1 Å². The van der Waals surface area contributed by atoms with Gasteiger partial charge in [0.1, 0.15) is 0 Å². The number of unbranched alkanes of at least 4 members (excludes halogenated alkanes) is 1. The Kier molecular flexibility index (Phi) is 6.66. The third-order valence-electron chi connectivity index (χ3n) is 4.55. The minimum atomic E-state index is -0.201. The molecule has 3 rings (SSSR count). The molecule has 0 fully saturated rings. The molecule has 1 aliphatic rings. The fourth-order valence-electron chi connectivity index (χ4n) is 3.10. The number of carbonyl (C=O) groups excluding carboxylic acids is 2. The molecule has 0 aromatic heterocycles. The maximum absolute atomic E-state index is 12.3. The molecule has 2 amide bonds. The summed E-state index contributed by atoms with van der Waals surface area (Å²) in [7, 11) is 1.71. The van der Waals surface area contributed by atoms with Crippen LogP contribution in [-0.2, 0) is 6.54 Å². The summed E-state index contributed by atoms with van der Waals surface area (Å²) in [6.07, 6.45) is 1.54. The van der Waals surface area contributed by atoms with Gasteiger partial charge in [-0.3, -0.25) is 19.5 Å². The van der Waals surface area contributed by atoms with Gasteiger partial charge in [-0.25, -0.2) is 0 Å². The first kappa shape index (κ1) is 19.9. The second-order valence-electron chi connectivity index (χ2n) is 6.50. The number of carbonyl (C=O) groups is 2. The molecule has 2 aromatic carbocycles. The van der Waals surface area contributed by atoms with Crippen molar-refractivity contribution in [1.82, 2.24) is 15.5 Å². The fraction of sp³-hybridized carbons (Fsp3) is 0.286. The van der Waals surface area contributed by atoms with E-state index in [1.807, 2.05) is 24.3 Å². The lowest BCUT2D eigenvalue weighted by atomic mass is 10.1. The summed E-state index contributed by atoms with van der Waals surface area (Å²) in [5, 5.41) is 7.17. The number of nitrogens with one attached hydrogen (secondary N) is 2. The topological polar surface area (TPSA) is 73.8 Å². The lowest BCUT2D eigenvalue weighted by Gasteiger charge is -2.15.